The zero-order chi connectivity index (χ0) is 11.6. The molecular formula is C11H17N3O2. The van der Waals surface area contributed by atoms with Crippen molar-refractivity contribution in [1.29, 1.82) is 0 Å². The average Bonchev–Trinajstić information content (AvgIpc) is 2.29. The first-order chi connectivity index (χ1) is 7.79. The van der Waals surface area contributed by atoms with E-state index in [-0.39, 0.29) is 6.42 Å². The summed E-state index contributed by atoms with van der Waals surface area (Å²) in [6.07, 6.45) is 7.44. The number of carboxylic acids is 1. The van der Waals surface area contributed by atoms with Crippen molar-refractivity contribution >= 4 is 11.9 Å². The maximum Gasteiger partial charge on any atom is 0.303 e. The number of carboxylic acid groups (broad SMARTS) is 1. The van der Waals surface area contributed by atoms with Crippen molar-refractivity contribution in [2.45, 2.75) is 32.1 Å². The van der Waals surface area contributed by atoms with Crippen LogP contribution in [-0.4, -0.2) is 27.6 Å². The first-order valence-corrected chi connectivity index (χ1v) is 5.52. The van der Waals surface area contributed by atoms with Crippen LogP contribution in [0.2, 0.25) is 0 Å². The first-order valence-electron chi connectivity index (χ1n) is 5.52. The molecule has 0 amide bonds. The van der Waals surface area contributed by atoms with Gasteiger partial charge in [-0.3, -0.25) is 4.79 Å². The fourth-order valence-electron chi connectivity index (χ4n) is 1.35. The number of nitrogens with one attached hydrogen (secondary N) is 1. The third-order valence-corrected chi connectivity index (χ3v) is 2.17. The van der Waals surface area contributed by atoms with Crippen LogP contribution in [0.25, 0.3) is 0 Å². The summed E-state index contributed by atoms with van der Waals surface area (Å²) < 4.78 is 0. The Hall–Kier alpha value is -1.65. The largest absolute Gasteiger partial charge is 0.481 e. The molecule has 1 aromatic heterocycles. The maximum atomic E-state index is 10.2. The van der Waals surface area contributed by atoms with Gasteiger partial charge in [-0.15, -0.1) is 0 Å². The molecule has 5 heteroatoms. The molecule has 0 fully saturated rings. The Bertz CT molecular complexity index is 303. The predicted molar refractivity (Wildman–Crippen MR) is 61.2 cm³/mol. The SMILES string of the molecule is O=C(O)CCCCCCNc1ncccn1. The van der Waals surface area contributed by atoms with Gasteiger partial charge >= 0.3 is 5.97 Å². The molecule has 16 heavy (non-hydrogen) atoms. The van der Waals surface area contributed by atoms with Crippen LogP contribution in [0.15, 0.2) is 18.5 Å². The molecule has 0 bridgehead atoms. The lowest BCUT2D eigenvalue weighted by Crippen LogP contribution is -2.04. The van der Waals surface area contributed by atoms with E-state index in [2.05, 4.69) is 15.3 Å². The number of anilines is 1. The number of rotatable bonds is 8. The number of carbonyl (C=O) groups is 1. The summed E-state index contributed by atoms with van der Waals surface area (Å²) in [6.45, 7) is 0.830. The molecular weight excluding hydrogens is 206 g/mol. The molecule has 2 N–H and O–H groups in total. The predicted octanol–water partition coefficient (Wildman–Crippen LogP) is 1.92. The van der Waals surface area contributed by atoms with Crippen LogP contribution in [0.1, 0.15) is 32.1 Å². The van der Waals surface area contributed by atoms with E-state index < -0.39 is 5.97 Å². The van der Waals surface area contributed by atoms with Crippen molar-refractivity contribution in [3.05, 3.63) is 18.5 Å². The lowest BCUT2D eigenvalue weighted by molar-refractivity contribution is -0.137. The molecule has 0 atom stereocenters. The van der Waals surface area contributed by atoms with E-state index in [0.717, 1.165) is 32.2 Å². The molecule has 0 aromatic carbocycles. The van der Waals surface area contributed by atoms with E-state index in [1.54, 1.807) is 18.5 Å². The molecule has 1 heterocycles. The summed E-state index contributed by atoms with van der Waals surface area (Å²) in [5, 5.41) is 11.5. The topological polar surface area (TPSA) is 75.1 Å². The Labute approximate surface area is 94.9 Å². The number of unbranched alkanes of at least 4 members (excludes halogenated alkanes) is 3. The van der Waals surface area contributed by atoms with Crippen LogP contribution in [-0.2, 0) is 4.79 Å². The molecule has 0 aliphatic carbocycles. The molecule has 0 unspecified atom stereocenters. The van der Waals surface area contributed by atoms with E-state index in [9.17, 15) is 4.79 Å². The van der Waals surface area contributed by atoms with Gasteiger partial charge < -0.3 is 10.4 Å². The smallest absolute Gasteiger partial charge is 0.303 e. The Balaban J connectivity index is 1.94. The summed E-state index contributed by atoms with van der Waals surface area (Å²) >= 11 is 0. The van der Waals surface area contributed by atoms with Gasteiger partial charge in [-0.25, -0.2) is 9.97 Å². The lowest BCUT2D eigenvalue weighted by atomic mass is 10.1. The number of aromatic nitrogens is 2. The highest BCUT2D eigenvalue weighted by Crippen LogP contribution is 2.03. The van der Waals surface area contributed by atoms with Crippen molar-refractivity contribution in [2.24, 2.45) is 0 Å². The number of hydrogen-bond donors (Lipinski definition) is 2. The van der Waals surface area contributed by atoms with Gasteiger partial charge in [0.2, 0.25) is 5.95 Å². The fraction of sp³-hybridized carbons (Fsp3) is 0.545. The van der Waals surface area contributed by atoms with Gasteiger partial charge in [0, 0.05) is 25.4 Å². The molecule has 0 spiro atoms. The molecule has 5 nitrogen and oxygen atoms in total. The second kappa shape index (κ2) is 7.62. The van der Waals surface area contributed by atoms with Crippen molar-refractivity contribution in [3.8, 4) is 0 Å². The third-order valence-electron chi connectivity index (χ3n) is 2.17. The van der Waals surface area contributed by atoms with Crippen LogP contribution in [0.4, 0.5) is 5.95 Å². The minimum atomic E-state index is -0.712. The molecule has 0 saturated carbocycles. The lowest BCUT2D eigenvalue weighted by Gasteiger charge is -2.03. The highest BCUT2D eigenvalue weighted by molar-refractivity contribution is 5.66. The van der Waals surface area contributed by atoms with E-state index >= 15 is 0 Å². The minimum Gasteiger partial charge on any atom is -0.481 e. The summed E-state index contributed by atoms with van der Waals surface area (Å²) in [6, 6.07) is 1.77. The van der Waals surface area contributed by atoms with E-state index in [4.69, 9.17) is 5.11 Å². The quantitative estimate of drug-likeness (QED) is 0.658. The Kier molecular flexibility index (Phi) is 5.91. The maximum absolute atomic E-state index is 10.2. The number of hydrogen-bond acceptors (Lipinski definition) is 4. The Morgan fingerprint density at radius 2 is 1.88 bits per heavy atom. The standard InChI is InChI=1S/C11H17N3O2/c15-10(16)6-3-1-2-4-7-12-11-13-8-5-9-14-11/h5,8-9H,1-4,6-7H2,(H,15,16)(H,12,13,14). The monoisotopic (exact) mass is 223 g/mol. The van der Waals surface area contributed by atoms with Gasteiger partial charge in [0.1, 0.15) is 0 Å². The van der Waals surface area contributed by atoms with Crippen LogP contribution in [0, 0.1) is 0 Å². The Morgan fingerprint density at radius 1 is 1.19 bits per heavy atom. The van der Waals surface area contributed by atoms with Crippen molar-refractivity contribution in [2.75, 3.05) is 11.9 Å². The van der Waals surface area contributed by atoms with Gasteiger partial charge in [-0.1, -0.05) is 12.8 Å². The second-order valence-electron chi connectivity index (χ2n) is 3.56. The van der Waals surface area contributed by atoms with Crippen LogP contribution in [0.5, 0.6) is 0 Å². The zero-order valence-electron chi connectivity index (χ0n) is 9.22. The van der Waals surface area contributed by atoms with Gasteiger partial charge in [-0.05, 0) is 18.9 Å². The van der Waals surface area contributed by atoms with Crippen molar-refractivity contribution < 1.29 is 9.90 Å². The summed E-state index contributed by atoms with van der Waals surface area (Å²) in [4.78, 5) is 18.3. The van der Waals surface area contributed by atoms with Crippen LogP contribution < -0.4 is 5.32 Å². The highest BCUT2D eigenvalue weighted by Gasteiger charge is 1.96. The van der Waals surface area contributed by atoms with E-state index in [1.807, 2.05) is 0 Å². The molecule has 88 valence electrons. The Morgan fingerprint density at radius 3 is 2.56 bits per heavy atom. The number of aliphatic carboxylic acids is 1. The van der Waals surface area contributed by atoms with Crippen molar-refractivity contribution in [1.82, 2.24) is 9.97 Å². The minimum absolute atomic E-state index is 0.273. The van der Waals surface area contributed by atoms with Crippen LogP contribution >= 0.6 is 0 Å². The third kappa shape index (κ3) is 5.95. The second-order valence-corrected chi connectivity index (χ2v) is 3.56. The molecule has 1 rings (SSSR count). The van der Waals surface area contributed by atoms with Gasteiger partial charge in [-0.2, -0.15) is 0 Å². The molecule has 0 radical (unpaired) electrons. The van der Waals surface area contributed by atoms with E-state index in [0.29, 0.717) is 5.95 Å². The van der Waals surface area contributed by atoms with Crippen LogP contribution in [0.3, 0.4) is 0 Å². The highest BCUT2D eigenvalue weighted by atomic mass is 16.4. The normalized spacial score (nSPS) is 10.0. The first kappa shape index (κ1) is 12.4. The summed E-state index contributed by atoms with van der Waals surface area (Å²) in [7, 11) is 0. The molecule has 0 saturated heterocycles. The van der Waals surface area contributed by atoms with Crippen molar-refractivity contribution in [3.63, 3.8) is 0 Å². The molecule has 0 aliphatic rings. The fourth-order valence-corrected chi connectivity index (χ4v) is 1.35. The summed E-state index contributed by atoms with van der Waals surface area (Å²) in [5.41, 5.74) is 0. The van der Waals surface area contributed by atoms with E-state index in [1.165, 1.54) is 0 Å². The average molecular weight is 223 g/mol. The molecule has 0 aliphatic heterocycles. The number of nitrogens with zero attached hydrogens (tertiary/aromatic N) is 2. The summed E-state index contributed by atoms with van der Waals surface area (Å²) in [5.74, 6) is -0.0659. The zero-order valence-corrected chi connectivity index (χ0v) is 9.22. The van der Waals surface area contributed by atoms with Gasteiger partial charge in [0.15, 0.2) is 0 Å². The van der Waals surface area contributed by atoms with Gasteiger partial charge in [0.05, 0.1) is 0 Å². The van der Waals surface area contributed by atoms with Gasteiger partial charge in [0.25, 0.3) is 0 Å². The molecule has 1 aromatic rings.